The van der Waals surface area contributed by atoms with E-state index < -0.39 is 0 Å². The Morgan fingerprint density at radius 1 is 1.44 bits per heavy atom. The van der Waals surface area contributed by atoms with E-state index in [1.165, 1.54) is 12.8 Å². The van der Waals surface area contributed by atoms with Crippen LogP contribution in [0.2, 0.25) is 0 Å². The van der Waals surface area contributed by atoms with Gasteiger partial charge in [0.2, 0.25) is 0 Å². The van der Waals surface area contributed by atoms with Gasteiger partial charge in [-0.05, 0) is 31.6 Å². The first-order valence-corrected chi connectivity index (χ1v) is 6.87. The zero-order valence-corrected chi connectivity index (χ0v) is 11.3. The predicted molar refractivity (Wildman–Crippen MR) is 67.5 cm³/mol. The lowest BCUT2D eigenvalue weighted by atomic mass is 9.72. The van der Waals surface area contributed by atoms with E-state index in [1.54, 1.807) is 0 Å². The maximum Gasteiger partial charge on any atom is 0.0945 e. The minimum Gasteiger partial charge on any atom is -0.390 e. The third-order valence-corrected chi connectivity index (χ3v) is 4.14. The topological polar surface area (TPSA) is 29.5 Å². The van der Waals surface area contributed by atoms with Gasteiger partial charge in [0.05, 0.1) is 11.7 Å². The fraction of sp³-hybridized carbons (Fsp3) is 1.00. The Morgan fingerprint density at radius 3 is 2.62 bits per heavy atom. The highest BCUT2D eigenvalue weighted by molar-refractivity contribution is 4.94. The molecule has 0 bridgehead atoms. The Bertz CT molecular complexity index is 201. The molecule has 0 aromatic rings. The van der Waals surface area contributed by atoms with Gasteiger partial charge in [-0.1, -0.05) is 40.0 Å². The van der Waals surface area contributed by atoms with Gasteiger partial charge in [0, 0.05) is 6.61 Å². The van der Waals surface area contributed by atoms with Crippen LogP contribution < -0.4 is 0 Å². The van der Waals surface area contributed by atoms with E-state index in [-0.39, 0.29) is 11.7 Å². The number of aliphatic hydroxyl groups excluding tert-OH is 1. The molecule has 4 unspecified atom stereocenters. The summed E-state index contributed by atoms with van der Waals surface area (Å²) in [4.78, 5) is 0. The lowest BCUT2D eigenvalue weighted by molar-refractivity contribution is -0.162. The SMILES string of the molecule is CCOC1(C(O)C(C)CC)CCCC(C)C1. The maximum atomic E-state index is 10.5. The van der Waals surface area contributed by atoms with E-state index in [0.29, 0.717) is 18.4 Å². The molecule has 4 atom stereocenters. The summed E-state index contributed by atoms with van der Waals surface area (Å²) in [6.07, 6.45) is 5.23. The molecule has 0 aromatic heterocycles. The summed E-state index contributed by atoms with van der Waals surface area (Å²) in [5.41, 5.74) is -0.262. The third kappa shape index (κ3) is 2.98. The number of rotatable bonds is 5. The first kappa shape index (κ1) is 14.0. The summed E-state index contributed by atoms with van der Waals surface area (Å²) in [6.45, 7) is 9.28. The molecular formula is C14H28O2. The van der Waals surface area contributed by atoms with Gasteiger partial charge < -0.3 is 9.84 Å². The first-order valence-electron chi connectivity index (χ1n) is 6.87. The van der Waals surface area contributed by atoms with Gasteiger partial charge in [-0.2, -0.15) is 0 Å². The first-order chi connectivity index (χ1) is 7.55. The van der Waals surface area contributed by atoms with Gasteiger partial charge in [0.15, 0.2) is 0 Å². The summed E-state index contributed by atoms with van der Waals surface area (Å²) < 4.78 is 5.98. The van der Waals surface area contributed by atoms with Crippen LogP contribution in [0.3, 0.4) is 0 Å². The van der Waals surface area contributed by atoms with Gasteiger partial charge in [-0.3, -0.25) is 0 Å². The second-order valence-corrected chi connectivity index (χ2v) is 5.53. The van der Waals surface area contributed by atoms with Crippen molar-refractivity contribution >= 4 is 0 Å². The molecule has 2 heteroatoms. The summed E-state index contributed by atoms with van der Waals surface area (Å²) in [5, 5.41) is 10.5. The van der Waals surface area contributed by atoms with Crippen molar-refractivity contribution in [3.63, 3.8) is 0 Å². The Morgan fingerprint density at radius 2 is 2.12 bits per heavy atom. The van der Waals surface area contributed by atoms with Crippen LogP contribution in [-0.4, -0.2) is 23.4 Å². The molecular weight excluding hydrogens is 200 g/mol. The van der Waals surface area contributed by atoms with Crippen molar-refractivity contribution in [1.82, 2.24) is 0 Å². The Balaban J connectivity index is 2.77. The van der Waals surface area contributed by atoms with Crippen LogP contribution in [0.25, 0.3) is 0 Å². The molecule has 1 fully saturated rings. The van der Waals surface area contributed by atoms with Gasteiger partial charge in [-0.15, -0.1) is 0 Å². The second kappa shape index (κ2) is 6.02. The largest absolute Gasteiger partial charge is 0.390 e. The summed E-state index contributed by atoms with van der Waals surface area (Å²) in [5.74, 6) is 1.01. The van der Waals surface area contributed by atoms with Gasteiger partial charge in [0.1, 0.15) is 0 Å². The Kier molecular flexibility index (Phi) is 5.26. The van der Waals surface area contributed by atoms with Crippen molar-refractivity contribution in [2.45, 2.75) is 71.5 Å². The van der Waals surface area contributed by atoms with E-state index in [9.17, 15) is 5.11 Å². The molecule has 1 N–H and O–H groups in total. The van der Waals surface area contributed by atoms with Gasteiger partial charge in [0.25, 0.3) is 0 Å². The fourth-order valence-corrected chi connectivity index (χ4v) is 3.06. The monoisotopic (exact) mass is 228 g/mol. The van der Waals surface area contributed by atoms with Crippen LogP contribution >= 0.6 is 0 Å². The van der Waals surface area contributed by atoms with E-state index in [4.69, 9.17) is 4.74 Å². The highest BCUT2D eigenvalue weighted by atomic mass is 16.5. The maximum absolute atomic E-state index is 10.5. The molecule has 1 saturated carbocycles. The quantitative estimate of drug-likeness (QED) is 0.781. The normalized spacial score (nSPS) is 34.7. The van der Waals surface area contributed by atoms with E-state index >= 15 is 0 Å². The van der Waals surface area contributed by atoms with Crippen LogP contribution in [0, 0.1) is 11.8 Å². The van der Waals surface area contributed by atoms with E-state index in [0.717, 1.165) is 19.3 Å². The van der Waals surface area contributed by atoms with Crippen LogP contribution in [0.5, 0.6) is 0 Å². The molecule has 2 nitrogen and oxygen atoms in total. The van der Waals surface area contributed by atoms with Gasteiger partial charge >= 0.3 is 0 Å². The number of hydrogen-bond acceptors (Lipinski definition) is 2. The molecule has 0 aromatic carbocycles. The molecule has 0 aliphatic heterocycles. The molecule has 1 aliphatic carbocycles. The average Bonchev–Trinajstić information content (AvgIpc) is 2.27. The second-order valence-electron chi connectivity index (χ2n) is 5.53. The average molecular weight is 228 g/mol. The minimum absolute atomic E-state index is 0.262. The molecule has 16 heavy (non-hydrogen) atoms. The number of hydrogen-bond donors (Lipinski definition) is 1. The van der Waals surface area contributed by atoms with Crippen LogP contribution in [0.15, 0.2) is 0 Å². The molecule has 1 aliphatic rings. The van der Waals surface area contributed by atoms with Crippen LogP contribution in [0.4, 0.5) is 0 Å². The van der Waals surface area contributed by atoms with Crippen molar-refractivity contribution in [2.75, 3.05) is 6.61 Å². The van der Waals surface area contributed by atoms with Crippen LogP contribution in [0.1, 0.15) is 59.8 Å². The molecule has 0 amide bonds. The number of aliphatic hydroxyl groups is 1. The number of ether oxygens (including phenoxy) is 1. The zero-order chi connectivity index (χ0) is 12.2. The van der Waals surface area contributed by atoms with Crippen molar-refractivity contribution in [3.8, 4) is 0 Å². The predicted octanol–water partition coefficient (Wildman–Crippen LogP) is 3.38. The van der Waals surface area contributed by atoms with Gasteiger partial charge in [-0.25, -0.2) is 0 Å². The smallest absolute Gasteiger partial charge is 0.0945 e. The summed E-state index contributed by atoms with van der Waals surface area (Å²) >= 11 is 0. The summed E-state index contributed by atoms with van der Waals surface area (Å²) in [7, 11) is 0. The lowest BCUT2D eigenvalue weighted by Crippen LogP contribution is -2.51. The standard InChI is InChI=1S/C14H28O2/c1-5-12(4)13(15)14(16-6-2)9-7-8-11(3)10-14/h11-13,15H,5-10H2,1-4H3. The van der Waals surface area contributed by atoms with Crippen LogP contribution in [-0.2, 0) is 4.74 Å². The van der Waals surface area contributed by atoms with Crippen molar-refractivity contribution in [1.29, 1.82) is 0 Å². The zero-order valence-electron chi connectivity index (χ0n) is 11.3. The van der Waals surface area contributed by atoms with Crippen molar-refractivity contribution in [3.05, 3.63) is 0 Å². The van der Waals surface area contributed by atoms with E-state index in [1.807, 2.05) is 6.92 Å². The third-order valence-electron chi connectivity index (χ3n) is 4.14. The molecule has 0 spiro atoms. The van der Waals surface area contributed by atoms with Crippen molar-refractivity contribution < 1.29 is 9.84 Å². The minimum atomic E-state index is -0.305. The molecule has 1 rings (SSSR count). The fourth-order valence-electron chi connectivity index (χ4n) is 3.06. The molecule has 0 heterocycles. The van der Waals surface area contributed by atoms with E-state index in [2.05, 4.69) is 20.8 Å². The lowest BCUT2D eigenvalue weighted by Gasteiger charge is -2.45. The van der Waals surface area contributed by atoms with Crippen molar-refractivity contribution in [2.24, 2.45) is 11.8 Å². The Labute approximate surface area is 100 Å². The molecule has 0 radical (unpaired) electrons. The highest BCUT2D eigenvalue weighted by Crippen LogP contribution is 2.40. The Hall–Kier alpha value is -0.0800. The highest BCUT2D eigenvalue weighted by Gasteiger charge is 2.43. The molecule has 0 saturated heterocycles. The summed E-state index contributed by atoms with van der Waals surface area (Å²) in [6, 6.07) is 0. The molecule has 96 valence electrons.